The lowest BCUT2D eigenvalue weighted by Gasteiger charge is -2.13. The first-order valence-corrected chi connectivity index (χ1v) is 4.17. The minimum Gasteiger partial charge on any atom is -0.300 e. The molecular formula is C9H19N. The standard InChI is InChI=1S/C7H13N.C2H6/c1-3-7-5-4-6-8(7)2;1-2/h3,7H,1,4-6H2,2H3;1-2H3. The SMILES string of the molecule is C=CC1CCCN1C.CC. The molecule has 0 N–H and O–H groups in total. The number of hydrogen-bond donors (Lipinski definition) is 0. The summed E-state index contributed by atoms with van der Waals surface area (Å²) < 4.78 is 0. The highest BCUT2D eigenvalue weighted by atomic mass is 15.1. The van der Waals surface area contributed by atoms with Crippen molar-refractivity contribution in [2.75, 3.05) is 13.6 Å². The molecule has 0 aromatic rings. The quantitative estimate of drug-likeness (QED) is 0.506. The fourth-order valence-electron chi connectivity index (χ4n) is 1.23. The molecule has 0 aliphatic carbocycles. The zero-order valence-corrected chi connectivity index (χ0v) is 7.43. The van der Waals surface area contributed by atoms with E-state index in [9.17, 15) is 0 Å². The second-order valence-electron chi connectivity index (χ2n) is 2.43. The molecule has 0 saturated carbocycles. The highest BCUT2D eigenvalue weighted by Gasteiger charge is 2.16. The molecule has 0 bridgehead atoms. The molecule has 0 aromatic heterocycles. The van der Waals surface area contributed by atoms with Crippen LogP contribution in [0, 0.1) is 0 Å². The third-order valence-corrected chi connectivity index (χ3v) is 1.85. The Morgan fingerprint density at radius 2 is 2.10 bits per heavy atom. The predicted molar refractivity (Wildman–Crippen MR) is 47.2 cm³/mol. The molecule has 0 amide bonds. The molecule has 1 saturated heterocycles. The van der Waals surface area contributed by atoms with Crippen molar-refractivity contribution in [3.05, 3.63) is 12.7 Å². The van der Waals surface area contributed by atoms with Gasteiger partial charge in [-0.05, 0) is 26.4 Å². The molecule has 1 nitrogen and oxygen atoms in total. The van der Waals surface area contributed by atoms with Crippen LogP contribution in [0.15, 0.2) is 12.7 Å². The second-order valence-corrected chi connectivity index (χ2v) is 2.43. The van der Waals surface area contributed by atoms with Crippen LogP contribution < -0.4 is 0 Å². The van der Waals surface area contributed by atoms with Crippen LogP contribution in [-0.4, -0.2) is 24.5 Å². The third kappa shape index (κ3) is 2.53. The molecule has 1 atom stereocenters. The maximum atomic E-state index is 3.75. The van der Waals surface area contributed by atoms with Gasteiger partial charge in [0.2, 0.25) is 0 Å². The zero-order valence-electron chi connectivity index (χ0n) is 7.43. The van der Waals surface area contributed by atoms with Crippen molar-refractivity contribution in [2.45, 2.75) is 32.7 Å². The van der Waals surface area contributed by atoms with Gasteiger partial charge in [-0.1, -0.05) is 19.9 Å². The Morgan fingerprint density at radius 3 is 2.30 bits per heavy atom. The Labute approximate surface area is 64.7 Å². The first-order valence-electron chi connectivity index (χ1n) is 4.17. The highest BCUT2D eigenvalue weighted by Crippen LogP contribution is 2.14. The number of rotatable bonds is 1. The second kappa shape index (κ2) is 5.48. The molecule has 1 unspecified atom stereocenters. The summed E-state index contributed by atoms with van der Waals surface area (Å²) in [7, 11) is 2.15. The molecule has 1 heterocycles. The van der Waals surface area contributed by atoms with Gasteiger partial charge in [0.1, 0.15) is 0 Å². The zero-order chi connectivity index (χ0) is 7.98. The van der Waals surface area contributed by atoms with E-state index >= 15 is 0 Å². The fraction of sp³-hybridized carbons (Fsp3) is 0.778. The van der Waals surface area contributed by atoms with Crippen molar-refractivity contribution in [3.63, 3.8) is 0 Å². The summed E-state index contributed by atoms with van der Waals surface area (Å²) in [5, 5.41) is 0. The smallest absolute Gasteiger partial charge is 0.0273 e. The van der Waals surface area contributed by atoms with E-state index in [1.165, 1.54) is 19.4 Å². The molecule has 1 aliphatic heterocycles. The van der Waals surface area contributed by atoms with E-state index in [2.05, 4.69) is 18.5 Å². The summed E-state index contributed by atoms with van der Waals surface area (Å²) in [5.74, 6) is 0. The van der Waals surface area contributed by atoms with Gasteiger partial charge in [-0.3, -0.25) is 4.90 Å². The van der Waals surface area contributed by atoms with Crippen molar-refractivity contribution < 1.29 is 0 Å². The number of likely N-dealkylation sites (tertiary alicyclic amines) is 1. The summed E-state index contributed by atoms with van der Waals surface area (Å²) in [4.78, 5) is 2.34. The van der Waals surface area contributed by atoms with Gasteiger partial charge in [-0.2, -0.15) is 0 Å². The molecule has 0 radical (unpaired) electrons. The molecule has 1 heteroatoms. The van der Waals surface area contributed by atoms with Crippen molar-refractivity contribution in [3.8, 4) is 0 Å². The van der Waals surface area contributed by atoms with E-state index in [1.807, 2.05) is 19.9 Å². The van der Waals surface area contributed by atoms with Gasteiger partial charge in [-0.15, -0.1) is 6.58 Å². The Hall–Kier alpha value is -0.300. The Balaban J connectivity index is 0.000000371. The van der Waals surface area contributed by atoms with E-state index in [0.717, 1.165) is 0 Å². The lowest BCUT2D eigenvalue weighted by Crippen LogP contribution is -2.21. The van der Waals surface area contributed by atoms with Gasteiger partial charge in [0, 0.05) is 6.04 Å². The monoisotopic (exact) mass is 141 g/mol. The molecule has 1 fully saturated rings. The first kappa shape index (κ1) is 9.70. The van der Waals surface area contributed by atoms with E-state index in [1.54, 1.807) is 0 Å². The summed E-state index contributed by atoms with van der Waals surface area (Å²) >= 11 is 0. The molecule has 0 aromatic carbocycles. The topological polar surface area (TPSA) is 3.24 Å². The van der Waals surface area contributed by atoms with Crippen LogP contribution in [0.4, 0.5) is 0 Å². The molecule has 1 rings (SSSR count). The van der Waals surface area contributed by atoms with E-state index in [-0.39, 0.29) is 0 Å². The third-order valence-electron chi connectivity index (χ3n) is 1.85. The summed E-state index contributed by atoms with van der Waals surface area (Å²) in [6.45, 7) is 9.00. The van der Waals surface area contributed by atoms with Crippen LogP contribution in [0.1, 0.15) is 26.7 Å². The molecule has 0 spiro atoms. The van der Waals surface area contributed by atoms with Crippen LogP contribution in [-0.2, 0) is 0 Å². The lowest BCUT2D eigenvalue weighted by molar-refractivity contribution is 0.357. The average Bonchev–Trinajstić information content (AvgIpc) is 2.39. The Kier molecular flexibility index (Phi) is 5.32. The Bertz CT molecular complexity index is 88.7. The van der Waals surface area contributed by atoms with Crippen molar-refractivity contribution >= 4 is 0 Å². The van der Waals surface area contributed by atoms with Crippen LogP contribution in [0.25, 0.3) is 0 Å². The van der Waals surface area contributed by atoms with Crippen LogP contribution in [0.5, 0.6) is 0 Å². The molecule has 60 valence electrons. The molecule has 1 aliphatic rings. The Morgan fingerprint density at radius 1 is 1.50 bits per heavy atom. The van der Waals surface area contributed by atoms with Crippen molar-refractivity contribution in [1.29, 1.82) is 0 Å². The largest absolute Gasteiger partial charge is 0.300 e. The minimum atomic E-state index is 0.662. The maximum absolute atomic E-state index is 3.75. The van der Waals surface area contributed by atoms with Gasteiger partial charge in [0.25, 0.3) is 0 Å². The first-order chi connectivity index (χ1) is 4.84. The van der Waals surface area contributed by atoms with Crippen LogP contribution in [0.2, 0.25) is 0 Å². The molecular weight excluding hydrogens is 122 g/mol. The fourth-order valence-corrected chi connectivity index (χ4v) is 1.23. The van der Waals surface area contributed by atoms with Gasteiger partial charge >= 0.3 is 0 Å². The van der Waals surface area contributed by atoms with Crippen LogP contribution >= 0.6 is 0 Å². The summed E-state index contributed by atoms with van der Waals surface area (Å²) in [5.41, 5.74) is 0. The van der Waals surface area contributed by atoms with Crippen molar-refractivity contribution in [1.82, 2.24) is 4.90 Å². The highest BCUT2D eigenvalue weighted by molar-refractivity contribution is 4.90. The van der Waals surface area contributed by atoms with E-state index in [0.29, 0.717) is 6.04 Å². The summed E-state index contributed by atoms with van der Waals surface area (Å²) in [6.07, 6.45) is 4.68. The van der Waals surface area contributed by atoms with Gasteiger partial charge < -0.3 is 0 Å². The number of hydrogen-bond acceptors (Lipinski definition) is 1. The van der Waals surface area contributed by atoms with E-state index in [4.69, 9.17) is 0 Å². The number of nitrogens with zero attached hydrogens (tertiary/aromatic N) is 1. The van der Waals surface area contributed by atoms with E-state index < -0.39 is 0 Å². The molecule has 10 heavy (non-hydrogen) atoms. The summed E-state index contributed by atoms with van der Waals surface area (Å²) in [6, 6.07) is 0.662. The van der Waals surface area contributed by atoms with Gasteiger partial charge in [-0.25, -0.2) is 0 Å². The lowest BCUT2D eigenvalue weighted by atomic mass is 10.2. The maximum Gasteiger partial charge on any atom is 0.0273 e. The average molecular weight is 141 g/mol. The number of likely N-dealkylation sites (N-methyl/N-ethyl adjacent to an activating group) is 1. The predicted octanol–water partition coefficient (Wildman–Crippen LogP) is 2.29. The van der Waals surface area contributed by atoms with Crippen LogP contribution in [0.3, 0.4) is 0 Å². The van der Waals surface area contributed by atoms with Gasteiger partial charge in [0.05, 0.1) is 0 Å². The van der Waals surface area contributed by atoms with Gasteiger partial charge in [0.15, 0.2) is 0 Å². The van der Waals surface area contributed by atoms with Crippen molar-refractivity contribution in [2.24, 2.45) is 0 Å². The minimum absolute atomic E-state index is 0.662. The normalized spacial score (nSPS) is 25.3.